The van der Waals surface area contributed by atoms with Gasteiger partial charge in [0, 0.05) is 30.4 Å². The highest BCUT2D eigenvalue weighted by molar-refractivity contribution is 7.91. The number of aryl methyl sites for hydroxylation is 1. The molecule has 0 spiro atoms. The first-order valence-electron chi connectivity index (χ1n) is 10.6. The molecule has 160 valence electrons. The van der Waals surface area contributed by atoms with Gasteiger partial charge in [-0.2, -0.15) is 0 Å². The van der Waals surface area contributed by atoms with E-state index in [-0.39, 0.29) is 23.3 Å². The maximum absolute atomic E-state index is 12.3. The minimum Gasteiger partial charge on any atom is -0.356 e. The highest BCUT2D eigenvalue weighted by Gasteiger charge is 2.33. The van der Waals surface area contributed by atoms with E-state index in [1.807, 2.05) is 31.3 Å². The van der Waals surface area contributed by atoms with E-state index in [0.717, 1.165) is 48.5 Å². The molecule has 0 bridgehead atoms. The molecule has 0 aromatic carbocycles. The van der Waals surface area contributed by atoms with Gasteiger partial charge in [-0.05, 0) is 57.1 Å². The van der Waals surface area contributed by atoms with Crippen molar-refractivity contribution < 1.29 is 13.2 Å². The van der Waals surface area contributed by atoms with Crippen LogP contribution in [0.2, 0.25) is 0 Å². The molecule has 0 unspecified atom stereocenters. The maximum atomic E-state index is 12.3. The van der Waals surface area contributed by atoms with Gasteiger partial charge in [0.05, 0.1) is 28.8 Å². The Kier molecular flexibility index (Phi) is 6.13. The summed E-state index contributed by atoms with van der Waals surface area (Å²) in [6.45, 7) is 2.54. The lowest BCUT2D eigenvalue weighted by Crippen LogP contribution is -2.36. The number of amides is 1. The van der Waals surface area contributed by atoms with E-state index in [2.05, 4.69) is 15.3 Å². The molecule has 2 aliphatic rings. The first-order chi connectivity index (χ1) is 14.4. The second kappa shape index (κ2) is 8.79. The summed E-state index contributed by atoms with van der Waals surface area (Å²) in [5, 5.41) is 2.99. The number of rotatable bonds is 5. The van der Waals surface area contributed by atoms with Crippen LogP contribution in [0.4, 0.5) is 0 Å². The molecule has 0 radical (unpaired) electrons. The van der Waals surface area contributed by atoms with Gasteiger partial charge < -0.3 is 5.32 Å². The van der Waals surface area contributed by atoms with Gasteiger partial charge >= 0.3 is 0 Å². The SMILES string of the molecule is Cc1ncc(-c2ccccn2)c(C2CCC(CNC(=O)[C@H]3CCS(=O)(=O)C3)CC2)n1. The molecule has 4 rings (SSSR count). The second-order valence-corrected chi connectivity index (χ2v) is 10.7. The van der Waals surface area contributed by atoms with Crippen molar-refractivity contribution in [3.8, 4) is 11.3 Å². The van der Waals surface area contributed by atoms with Gasteiger partial charge in [-0.25, -0.2) is 18.4 Å². The van der Waals surface area contributed by atoms with Crippen LogP contribution in [0.15, 0.2) is 30.6 Å². The average molecular weight is 429 g/mol. The van der Waals surface area contributed by atoms with Crippen molar-refractivity contribution in [2.45, 2.75) is 44.9 Å². The first-order valence-corrected chi connectivity index (χ1v) is 12.5. The Morgan fingerprint density at radius 2 is 1.93 bits per heavy atom. The molecular weight excluding hydrogens is 400 g/mol. The van der Waals surface area contributed by atoms with Crippen molar-refractivity contribution in [2.75, 3.05) is 18.1 Å². The normalized spacial score (nSPS) is 25.7. The van der Waals surface area contributed by atoms with Gasteiger partial charge in [0.2, 0.25) is 5.91 Å². The number of nitrogens with zero attached hydrogens (tertiary/aromatic N) is 3. The summed E-state index contributed by atoms with van der Waals surface area (Å²) in [5.41, 5.74) is 2.97. The van der Waals surface area contributed by atoms with E-state index in [9.17, 15) is 13.2 Å². The molecule has 2 fully saturated rings. The number of pyridine rings is 1. The van der Waals surface area contributed by atoms with Gasteiger partial charge in [0.25, 0.3) is 0 Å². The van der Waals surface area contributed by atoms with Crippen molar-refractivity contribution >= 4 is 15.7 Å². The molecular formula is C22H28N4O3S. The minimum atomic E-state index is -3.03. The zero-order chi connectivity index (χ0) is 21.1. The molecule has 1 atom stereocenters. The topological polar surface area (TPSA) is 102 Å². The van der Waals surface area contributed by atoms with E-state index >= 15 is 0 Å². The lowest BCUT2D eigenvalue weighted by molar-refractivity contribution is -0.124. The Bertz CT molecular complexity index is 1000. The molecule has 1 saturated carbocycles. The van der Waals surface area contributed by atoms with E-state index in [1.54, 1.807) is 6.20 Å². The number of sulfone groups is 1. The zero-order valence-electron chi connectivity index (χ0n) is 17.3. The molecule has 3 heterocycles. The summed E-state index contributed by atoms with van der Waals surface area (Å²) in [6, 6.07) is 5.86. The number of carbonyl (C=O) groups excluding carboxylic acids is 1. The zero-order valence-corrected chi connectivity index (χ0v) is 18.1. The predicted octanol–water partition coefficient (Wildman–Crippen LogP) is 2.67. The van der Waals surface area contributed by atoms with Crippen LogP contribution in [-0.2, 0) is 14.6 Å². The average Bonchev–Trinajstić information content (AvgIpc) is 3.13. The van der Waals surface area contributed by atoms with Gasteiger partial charge in [-0.1, -0.05) is 6.07 Å². The molecule has 7 nitrogen and oxygen atoms in total. The van der Waals surface area contributed by atoms with Gasteiger partial charge in [0.1, 0.15) is 5.82 Å². The highest BCUT2D eigenvalue weighted by Crippen LogP contribution is 2.38. The van der Waals surface area contributed by atoms with Crippen LogP contribution in [0.5, 0.6) is 0 Å². The summed E-state index contributed by atoms with van der Waals surface area (Å²) in [6.07, 6.45) is 8.15. The highest BCUT2D eigenvalue weighted by atomic mass is 32.2. The molecule has 30 heavy (non-hydrogen) atoms. The van der Waals surface area contributed by atoms with Crippen molar-refractivity contribution in [1.82, 2.24) is 20.3 Å². The Hall–Kier alpha value is -2.35. The van der Waals surface area contributed by atoms with E-state index in [4.69, 9.17) is 4.98 Å². The maximum Gasteiger partial charge on any atom is 0.224 e. The van der Waals surface area contributed by atoms with Gasteiger partial charge in [-0.3, -0.25) is 9.78 Å². The monoisotopic (exact) mass is 428 g/mol. The summed E-state index contributed by atoms with van der Waals surface area (Å²) >= 11 is 0. The molecule has 1 N–H and O–H groups in total. The standard InChI is InChI=1S/C22H28N4O3S/c1-15-24-13-19(20-4-2-3-10-23-20)21(26-15)17-7-5-16(6-8-17)12-25-22(27)18-9-11-30(28,29)14-18/h2-4,10,13,16-18H,5-9,11-12,14H2,1H3,(H,25,27)/t16?,17?,18-/m0/s1. The van der Waals surface area contributed by atoms with Crippen molar-refractivity contribution in [3.05, 3.63) is 42.1 Å². The fourth-order valence-corrected chi connectivity index (χ4v) is 6.29. The van der Waals surface area contributed by atoms with Crippen LogP contribution in [-0.4, -0.2) is 47.3 Å². The third-order valence-electron chi connectivity index (χ3n) is 6.28. The largest absolute Gasteiger partial charge is 0.356 e. The molecule has 8 heteroatoms. The Morgan fingerprint density at radius 1 is 1.13 bits per heavy atom. The Labute approximate surface area is 177 Å². The number of carbonyl (C=O) groups is 1. The quantitative estimate of drug-likeness (QED) is 0.786. The summed E-state index contributed by atoms with van der Waals surface area (Å²) in [4.78, 5) is 25.9. The summed E-state index contributed by atoms with van der Waals surface area (Å²) in [7, 11) is -3.03. The Morgan fingerprint density at radius 3 is 2.60 bits per heavy atom. The van der Waals surface area contributed by atoms with E-state index in [1.165, 1.54) is 0 Å². The summed E-state index contributed by atoms with van der Waals surface area (Å²) < 4.78 is 23.2. The van der Waals surface area contributed by atoms with E-state index < -0.39 is 9.84 Å². The number of hydrogen-bond donors (Lipinski definition) is 1. The van der Waals surface area contributed by atoms with Crippen LogP contribution in [0.1, 0.15) is 49.5 Å². The molecule has 1 saturated heterocycles. The fourth-order valence-electron chi connectivity index (χ4n) is 4.55. The van der Waals surface area contributed by atoms with Crippen LogP contribution in [0, 0.1) is 18.8 Å². The summed E-state index contributed by atoms with van der Waals surface area (Å²) in [5.74, 6) is 1.19. The lowest BCUT2D eigenvalue weighted by Gasteiger charge is -2.29. The minimum absolute atomic E-state index is 0.00502. The number of nitrogens with one attached hydrogen (secondary N) is 1. The van der Waals surface area contributed by atoms with Crippen molar-refractivity contribution in [2.24, 2.45) is 11.8 Å². The Balaban J connectivity index is 1.35. The van der Waals surface area contributed by atoms with E-state index in [0.29, 0.717) is 24.8 Å². The van der Waals surface area contributed by atoms with Crippen LogP contribution in [0.3, 0.4) is 0 Å². The van der Waals surface area contributed by atoms with Crippen LogP contribution >= 0.6 is 0 Å². The molecule has 2 aromatic heterocycles. The predicted molar refractivity (Wildman–Crippen MR) is 114 cm³/mol. The second-order valence-electron chi connectivity index (χ2n) is 8.49. The lowest BCUT2D eigenvalue weighted by atomic mass is 9.79. The number of hydrogen-bond acceptors (Lipinski definition) is 6. The molecule has 1 aliphatic heterocycles. The molecule has 2 aromatic rings. The van der Waals surface area contributed by atoms with Crippen molar-refractivity contribution in [1.29, 1.82) is 0 Å². The van der Waals surface area contributed by atoms with Crippen LogP contribution < -0.4 is 5.32 Å². The third kappa shape index (κ3) is 4.86. The molecule has 1 amide bonds. The van der Waals surface area contributed by atoms with Gasteiger partial charge in [-0.15, -0.1) is 0 Å². The molecule has 1 aliphatic carbocycles. The number of aromatic nitrogens is 3. The fraction of sp³-hybridized carbons (Fsp3) is 0.545. The first kappa shape index (κ1) is 20.9. The van der Waals surface area contributed by atoms with Gasteiger partial charge in [0.15, 0.2) is 9.84 Å². The van der Waals surface area contributed by atoms with Crippen molar-refractivity contribution in [3.63, 3.8) is 0 Å². The van der Waals surface area contributed by atoms with Crippen LogP contribution in [0.25, 0.3) is 11.3 Å². The third-order valence-corrected chi connectivity index (χ3v) is 8.05. The smallest absolute Gasteiger partial charge is 0.224 e.